The third-order valence-corrected chi connectivity index (χ3v) is 6.30. The third kappa shape index (κ3) is 1.59. The molecule has 0 aromatic carbocycles. The van der Waals surface area contributed by atoms with Crippen LogP contribution in [0.4, 0.5) is 0 Å². The van der Waals surface area contributed by atoms with Crippen LogP contribution in [0.2, 0.25) is 0 Å². The summed E-state index contributed by atoms with van der Waals surface area (Å²) in [6, 6.07) is 0. The van der Waals surface area contributed by atoms with Crippen molar-refractivity contribution < 1.29 is 19.3 Å². The number of piperidine rings is 1. The summed E-state index contributed by atoms with van der Waals surface area (Å²) in [6.45, 7) is 6.08. The van der Waals surface area contributed by atoms with Crippen molar-refractivity contribution in [2.24, 2.45) is 29.5 Å². The van der Waals surface area contributed by atoms with E-state index in [0.29, 0.717) is 11.8 Å². The van der Waals surface area contributed by atoms with E-state index in [-0.39, 0.29) is 17.7 Å². The Balaban J connectivity index is 1.87. The average Bonchev–Trinajstić information content (AvgIpc) is 2.69. The van der Waals surface area contributed by atoms with Gasteiger partial charge in [0.25, 0.3) is 0 Å². The van der Waals surface area contributed by atoms with E-state index in [1.807, 2.05) is 13.8 Å². The first kappa shape index (κ1) is 13.9. The second-order valence-corrected chi connectivity index (χ2v) is 7.46. The first-order valence-corrected chi connectivity index (χ1v) is 8.01. The zero-order chi connectivity index (χ0) is 15.0. The lowest BCUT2D eigenvalue weighted by Gasteiger charge is -2.60. The Bertz CT molecular complexity index is 486. The summed E-state index contributed by atoms with van der Waals surface area (Å²) in [6.07, 6.45) is 3.29. The van der Waals surface area contributed by atoms with E-state index in [1.165, 1.54) is 5.01 Å². The molecular weight excluding hydrogens is 272 g/mol. The van der Waals surface area contributed by atoms with Gasteiger partial charge in [0.15, 0.2) is 11.8 Å². The second kappa shape index (κ2) is 4.19. The highest BCUT2D eigenvalue weighted by Gasteiger charge is 2.70. The average molecular weight is 296 g/mol. The van der Waals surface area contributed by atoms with Gasteiger partial charge >= 0.3 is 0 Å². The number of amides is 1. The molecule has 5 rings (SSSR count). The quantitative estimate of drug-likeness (QED) is 0.417. The number of ether oxygens (including phenoxy) is 1. The zero-order valence-electron chi connectivity index (χ0n) is 12.9. The number of nitrogens with zero attached hydrogens (tertiary/aromatic N) is 1. The number of hydrazine groups is 1. The van der Waals surface area contributed by atoms with Crippen LogP contribution in [0.5, 0.6) is 0 Å². The molecule has 1 aliphatic carbocycles. The Kier molecular flexibility index (Phi) is 2.78. The maximum atomic E-state index is 12.5. The smallest absolute Gasteiger partial charge is 0.242 e. The summed E-state index contributed by atoms with van der Waals surface area (Å²) < 4.78 is 6.14. The molecule has 2 N–H and O–H groups in total. The van der Waals surface area contributed by atoms with Gasteiger partial charge in [-0.05, 0) is 38.0 Å². The first-order valence-electron chi connectivity index (χ1n) is 8.01. The Labute approximate surface area is 124 Å². The normalized spacial score (nSPS) is 56.1. The van der Waals surface area contributed by atoms with E-state index >= 15 is 0 Å². The molecule has 118 valence electrons. The van der Waals surface area contributed by atoms with Crippen LogP contribution in [0, 0.1) is 23.7 Å². The van der Waals surface area contributed by atoms with Crippen LogP contribution in [0.25, 0.3) is 0 Å². The van der Waals surface area contributed by atoms with E-state index in [9.17, 15) is 4.79 Å². The van der Waals surface area contributed by atoms with Crippen molar-refractivity contribution in [1.82, 2.24) is 5.01 Å². The molecule has 6 nitrogen and oxygen atoms in total. The highest BCUT2D eigenvalue weighted by atomic mass is 17.3. The topological polar surface area (TPSA) is 74.0 Å². The lowest BCUT2D eigenvalue weighted by atomic mass is 9.57. The molecule has 6 heteroatoms. The standard InChI is InChI=1S/C15H24N2O4/c1-8-4-5-11-9(2)12(18)17(16)13-15(11)10(8)6-7-14(3,19-13)20-21-15/h8-11,13H,4-7,16H2,1-3H3/t8-,9-,10+,11+,13-,14-,15-/m1/s1. The van der Waals surface area contributed by atoms with Crippen LogP contribution in [0.1, 0.15) is 46.5 Å². The summed E-state index contributed by atoms with van der Waals surface area (Å²) in [5.41, 5.74) is -0.615. The molecule has 0 unspecified atom stereocenters. The molecule has 4 heterocycles. The van der Waals surface area contributed by atoms with Crippen molar-refractivity contribution in [1.29, 1.82) is 0 Å². The number of hydrogen-bond donors (Lipinski definition) is 1. The predicted molar refractivity (Wildman–Crippen MR) is 73.0 cm³/mol. The molecule has 21 heavy (non-hydrogen) atoms. The van der Waals surface area contributed by atoms with E-state index in [1.54, 1.807) is 0 Å². The van der Waals surface area contributed by atoms with Gasteiger partial charge in [0, 0.05) is 18.3 Å². The van der Waals surface area contributed by atoms with Crippen LogP contribution < -0.4 is 5.84 Å². The van der Waals surface area contributed by atoms with Gasteiger partial charge in [-0.2, -0.15) is 0 Å². The SMILES string of the molecule is C[C@@H]1CC[C@H]2[C@@H](C)C(=O)N(N)[C@@H]3O[C@@]4(C)CC[C@@H]1[C@@]23OO4. The number of hydrogen-bond acceptors (Lipinski definition) is 5. The molecule has 0 radical (unpaired) electrons. The molecule has 4 aliphatic heterocycles. The lowest BCUT2D eigenvalue weighted by Crippen LogP contribution is -2.76. The monoisotopic (exact) mass is 296 g/mol. The molecule has 2 bridgehead atoms. The lowest BCUT2D eigenvalue weighted by molar-refractivity contribution is -0.548. The Morgan fingerprint density at radius 3 is 2.71 bits per heavy atom. The molecule has 1 spiro atoms. The Morgan fingerprint density at radius 2 is 1.95 bits per heavy atom. The van der Waals surface area contributed by atoms with E-state index in [0.717, 1.165) is 25.7 Å². The zero-order valence-corrected chi connectivity index (χ0v) is 12.9. The molecule has 5 aliphatic rings. The summed E-state index contributed by atoms with van der Waals surface area (Å²) in [4.78, 5) is 24.2. The van der Waals surface area contributed by atoms with Crippen molar-refractivity contribution in [2.75, 3.05) is 0 Å². The van der Waals surface area contributed by atoms with E-state index < -0.39 is 17.6 Å². The Morgan fingerprint density at radius 1 is 1.19 bits per heavy atom. The van der Waals surface area contributed by atoms with Gasteiger partial charge in [0.05, 0.1) is 0 Å². The van der Waals surface area contributed by atoms with Crippen LogP contribution in [-0.2, 0) is 19.3 Å². The molecule has 4 saturated heterocycles. The fourth-order valence-electron chi connectivity index (χ4n) is 5.09. The Hall–Kier alpha value is -0.690. The van der Waals surface area contributed by atoms with Crippen molar-refractivity contribution in [3.63, 3.8) is 0 Å². The van der Waals surface area contributed by atoms with Gasteiger partial charge in [-0.3, -0.25) is 4.79 Å². The number of fused-ring (bicyclic) bond motifs is 2. The number of rotatable bonds is 0. The molecule has 0 aromatic rings. The summed E-state index contributed by atoms with van der Waals surface area (Å²) in [7, 11) is 0. The van der Waals surface area contributed by atoms with Crippen molar-refractivity contribution in [3.8, 4) is 0 Å². The van der Waals surface area contributed by atoms with E-state index in [2.05, 4.69) is 6.92 Å². The van der Waals surface area contributed by atoms with Gasteiger partial charge in [0.2, 0.25) is 11.7 Å². The van der Waals surface area contributed by atoms with Gasteiger partial charge in [0.1, 0.15) is 0 Å². The number of carbonyl (C=O) groups is 1. The molecule has 1 amide bonds. The van der Waals surface area contributed by atoms with Crippen LogP contribution in [0.3, 0.4) is 0 Å². The number of carbonyl (C=O) groups excluding carboxylic acids is 1. The fraction of sp³-hybridized carbons (Fsp3) is 0.933. The number of nitrogens with two attached hydrogens (primary N) is 1. The minimum absolute atomic E-state index is 0.0521. The first-order chi connectivity index (χ1) is 9.89. The minimum atomic E-state index is -0.810. The molecular formula is C15H24N2O4. The molecule has 1 saturated carbocycles. The third-order valence-electron chi connectivity index (χ3n) is 6.30. The maximum Gasteiger partial charge on any atom is 0.242 e. The summed E-state index contributed by atoms with van der Waals surface area (Å²) in [5, 5.41) is 1.26. The second-order valence-electron chi connectivity index (χ2n) is 7.46. The summed E-state index contributed by atoms with van der Waals surface area (Å²) in [5.74, 6) is 6.03. The molecule has 0 aromatic heterocycles. The van der Waals surface area contributed by atoms with Crippen molar-refractivity contribution in [2.45, 2.75) is 64.1 Å². The highest BCUT2D eigenvalue weighted by molar-refractivity contribution is 5.80. The molecule has 5 fully saturated rings. The van der Waals surface area contributed by atoms with Crippen LogP contribution >= 0.6 is 0 Å². The van der Waals surface area contributed by atoms with Crippen LogP contribution in [-0.4, -0.2) is 28.5 Å². The van der Waals surface area contributed by atoms with Gasteiger partial charge in [-0.15, -0.1) is 0 Å². The van der Waals surface area contributed by atoms with Gasteiger partial charge < -0.3 is 4.74 Å². The predicted octanol–water partition coefficient (Wildman–Crippen LogP) is 1.55. The van der Waals surface area contributed by atoms with Crippen LogP contribution in [0.15, 0.2) is 0 Å². The van der Waals surface area contributed by atoms with Crippen molar-refractivity contribution >= 4 is 5.91 Å². The van der Waals surface area contributed by atoms with Crippen molar-refractivity contribution in [3.05, 3.63) is 0 Å². The molecule has 7 atom stereocenters. The maximum absolute atomic E-state index is 12.5. The van der Waals surface area contributed by atoms with Gasteiger partial charge in [-0.25, -0.2) is 20.6 Å². The fourth-order valence-corrected chi connectivity index (χ4v) is 5.09. The van der Waals surface area contributed by atoms with E-state index in [4.69, 9.17) is 20.4 Å². The van der Waals surface area contributed by atoms with Gasteiger partial charge in [-0.1, -0.05) is 13.8 Å². The largest absolute Gasteiger partial charge is 0.319 e. The summed E-state index contributed by atoms with van der Waals surface area (Å²) >= 11 is 0. The minimum Gasteiger partial charge on any atom is -0.319 e. The highest BCUT2D eigenvalue weighted by Crippen LogP contribution is 2.59.